The van der Waals surface area contributed by atoms with Crippen LogP contribution in [0.25, 0.3) is 0 Å². The third-order valence-electron chi connectivity index (χ3n) is 4.51. The van der Waals surface area contributed by atoms with Gasteiger partial charge in [-0.1, -0.05) is 6.07 Å². The molecule has 5 atom stereocenters. The highest BCUT2D eigenvalue weighted by Gasteiger charge is 2.49. The Labute approximate surface area is 185 Å². The lowest BCUT2D eigenvalue weighted by atomic mass is 9.99. The van der Waals surface area contributed by atoms with Gasteiger partial charge in [0.15, 0.2) is 11.9 Å². The van der Waals surface area contributed by atoms with Crippen LogP contribution in [0.2, 0.25) is 0 Å². The minimum atomic E-state index is -1.88. The van der Waals surface area contributed by atoms with Crippen molar-refractivity contribution in [2.24, 2.45) is 0 Å². The molecule has 0 bridgehead atoms. The fraction of sp³-hybridized carbons (Fsp3) is 0.500. The number of aliphatic carboxylic acids is 1. The van der Waals surface area contributed by atoms with Gasteiger partial charge in [0, 0.05) is 13.1 Å². The summed E-state index contributed by atoms with van der Waals surface area (Å²) in [6, 6.07) is 3.38. The largest absolute Gasteiger partial charge is 0.480 e. The van der Waals surface area contributed by atoms with Crippen LogP contribution in [-0.4, -0.2) is 99.7 Å². The highest BCUT2D eigenvalue weighted by Crippen LogP contribution is 2.32. The van der Waals surface area contributed by atoms with E-state index in [1.54, 1.807) is 0 Å². The third kappa shape index (κ3) is 6.26. The SMILES string of the molecule is COC(=O)[C@H]1OC(Oc2ccc(COC(=O)N(C)CC(=O)O)cc2[N+](=O)[O-])[C@H](O)[C@@H](O)[C@@H]1O. The lowest BCUT2D eigenvalue weighted by Gasteiger charge is -2.38. The van der Waals surface area contributed by atoms with Crippen molar-refractivity contribution in [2.45, 2.75) is 37.3 Å². The van der Waals surface area contributed by atoms with Gasteiger partial charge in [-0.2, -0.15) is 0 Å². The standard InChI is InChI=1S/C18H22N2O13/c1-19(6-11(21)22)18(27)31-7-8-3-4-10(9(5-8)20(28)29)32-17-14(25)12(23)13(24)15(33-17)16(26)30-2/h3-5,12-15,17,23-25H,6-7H2,1-2H3,(H,21,22)/t12-,13-,14+,15-,17?/m0/s1. The number of ether oxygens (including phenoxy) is 4. The van der Waals surface area contributed by atoms with E-state index in [9.17, 15) is 39.8 Å². The average molecular weight is 474 g/mol. The van der Waals surface area contributed by atoms with Crippen molar-refractivity contribution in [3.63, 3.8) is 0 Å². The maximum atomic E-state index is 11.8. The van der Waals surface area contributed by atoms with E-state index < -0.39 is 78.2 Å². The lowest BCUT2D eigenvalue weighted by molar-refractivity contribution is -0.387. The van der Waals surface area contributed by atoms with Crippen molar-refractivity contribution in [3.05, 3.63) is 33.9 Å². The van der Waals surface area contributed by atoms with E-state index in [1.807, 2.05) is 0 Å². The number of rotatable bonds is 8. The highest BCUT2D eigenvalue weighted by atomic mass is 16.7. The van der Waals surface area contributed by atoms with E-state index >= 15 is 0 Å². The quantitative estimate of drug-likeness (QED) is 0.194. The normalized spacial score (nSPS) is 24.5. The molecule has 0 radical (unpaired) electrons. The minimum Gasteiger partial charge on any atom is -0.480 e. The summed E-state index contributed by atoms with van der Waals surface area (Å²) in [5.74, 6) is -2.75. The molecule has 1 aliphatic rings. The monoisotopic (exact) mass is 474 g/mol. The second kappa shape index (κ2) is 10.9. The van der Waals surface area contributed by atoms with Crippen molar-refractivity contribution in [1.82, 2.24) is 4.90 Å². The molecule has 4 N–H and O–H groups in total. The Bertz CT molecular complexity index is 907. The Balaban J connectivity index is 2.17. The number of hydrogen-bond donors (Lipinski definition) is 4. The molecule has 1 saturated heterocycles. The number of hydrogen-bond acceptors (Lipinski definition) is 12. The fourth-order valence-electron chi connectivity index (χ4n) is 2.80. The Morgan fingerprint density at radius 2 is 1.85 bits per heavy atom. The molecule has 1 heterocycles. The molecular formula is C18H22N2O13. The first-order chi connectivity index (χ1) is 15.5. The van der Waals surface area contributed by atoms with Gasteiger partial charge in [0.2, 0.25) is 6.29 Å². The Hall–Kier alpha value is -3.53. The molecule has 2 rings (SSSR count). The van der Waals surface area contributed by atoms with E-state index in [0.717, 1.165) is 24.1 Å². The van der Waals surface area contributed by atoms with Crippen LogP contribution in [0.5, 0.6) is 5.75 Å². The molecule has 1 amide bonds. The summed E-state index contributed by atoms with van der Waals surface area (Å²) >= 11 is 0. The van der Waals surface area contributed by atoms with Gasteiger partial charge in [-0.25, -0.2) is 9.59 Å². The first-order valence-corrected chi connectivity index (χ1v) is 9.27. The smallest absolute Gasteiger partial charge is 0.410 e. The van der Waals surface area contributed by atoms with E-state index in [0.29, 0.717) is 0 Å². The summed E-state index contributed by atoms with van der Waals surface area (Å²) in [5.41, 5.74) is -0.479. The van der Waals surface area contributed by atoms with Crippen LogP contribution >= 0.6 is 0 Å². The number of aliphatic hydroxyl groups is 3. The van der Waals surface area contributed by atoms with E-state index in [4.69, 9.17) is 19.3 Å². The van der Waals surface area contributed by atoms with Gasteiger partial charge in [-0.3, -0.25) is 14.9 Å². The number of carboxylic acid groups (broad SMARTS) is 1. The zero-order chi connectivity index (χ0) is 24.9. The van der Waals surface area contributed by atoms with E-state index in [1.165, 1.54) is 13.1 Å². The number of nitrogens with zero attached hydrogens (tertiary/aromatic N) is 2. The molecule has 15 nitrogen and oxygen atoms in total. The molecule has 0 aromatic heterocycles. The van der Waals surface area contributed by atoms with Gasteiger partial charge in [0.25, 0.3) is 0 Å². The van der Waals surface area contributed by atoms with Crippen molar-refractivity contribution in [3.8, 4) is 5.75 Å². The lowest BCUT2D eigenvalue weighted by Crippen LogP contribution is -2.61. The molecule has 1 aliphatic heterocycles. The van der Waals surface area contributed by atoms with Gasteiger partial charge in [0.1, 0.15) is 31.5 Å². The summed E-state index contributed by atoms with van der Waals surface area (Å²) in [4.78, 5) is 45.5. The molecule has 0 saturated carbocycles. The third-order valence-corrected chi connectivity index (χ3v) is 4.51. The van der Waals surface area contributed by atoms with Crippen LogP contribution in [0.1, 0.15) is 5.56 Å². The predicted molar refractivity (Wildman–Crippen MR) is 103 cm³/mol. The molecule has 15 heteroatoms. The summed E-state index contributed by atoms with van der Waals surface area (Å²) in [5, 5.41) is 50.1. The summed E-state index contributed by atoms with van der Waals surface area (Å²) in [6.45, 7) is -1.04. The number of nitro groups is 1. The molecular weight excluding hydrogens is 452 g/mol. The fourth-order valence-corrected chi connectivity index (χ4v) is 2.80. The number of carboxylic acids is 1. The van der Waals surface area contributed by atoms with Gasteiger partial charge in [-0.15, -0.1) is 0 Å². The van der Waals surface area contributed by atoms with Crippen LogP contribution < -0.4 is 4.74 Å². The average Bonchev–Trinajstić information content (AvgIpc) is 2.77. The molecule has 1 fully saturated rings. The molecule has 1 unspecified atom stereocenters. The van der Waals surface area contributed by atoms with Gasteiger partial charge in [0.05, 0.1) is 12.0 Å². The Morgan fingerprint density at radius 1 is 1.18 bits per heavy atom. The molecule has 1 aromatic rings. The Morgan fingerprint density at radius 3 is 2.42 bits per heavy atom. The summed E-state index contributed by atoms with van der Waals surface area (Å²) < 4.78 is 19.8. The molecule has 33 heavy (non-hydrogen) atoms. The molecule has 1 aromatic carbocycles. The maximum absolute atomic E-state index is 11.8. The zero-order valence-electron chi connectivity index (χ0n) is 17.4. The van der Waals surface area contributed by atoms with E-state index in [2.05, 4.69) is 4.74 Å². The first-order valence-electron chi connectivity index (χ1n) is 9.27. The Kier molecular flexibility index (Phi) is 8.47. The predicted octanol–water partition coefficient (Wildman–Crippen LogP) is -1.39. The molecule has 0 aliphatic carbocycles. The number of nitro benzene ring substituents is 1. The van der Waals surface area contributed by atoms with Crippen LogP contribution in [0.3, 0.4) is 0 Å². The highest BCUT2D eigenvalue weighted by molar-refractivity contribution is 5.76. The zero-order valence-corrected chi connectivity index (χ0v) is 17.4. The topological polar surface area (TPSA) is 215 Å². The van der Waals surface area contributed by atoms with Crippen molar-refractivity contribution in [1.29, 1.82) is 0 Å². The number of carbonyl (C=O) groups excluding carboxylic acids is 2. The van der Waals surface area contributed by atoms with E-state index in [-0.39, 0.29) is 5.56 Å². The number of likely N-dealkylation sites (N-methyl/N-ethyl adjacent to an activating group) is 1. The van der Waals surface area contributed by atoms with Gasteiger partial charge < -0.3 is 44.3 Å². The van der Waals surface area contributed by atoms with Crippen molar-refractivity contribution >= 4 is 23.7 Å². The second-order valence-corrected chi connectivity index (χ2v) is 6.90. The summed E-state index contributed by atoms with van der Waals surface area (Å²) in [6.07, 6.45) is -10.1. The van der Waals surface area contributed by atoms with Crippen LogP contribution in [0.15, 0.2) is 18.2 Å². The van der Waals surface area contributed by atoms with Crippen molar-refractivity contribution < 1.29 is 58.7 Å². The molecule has 182 valence electrons. The first kappa shape index (κ1) is 25.7. The maximum Gasteiger partial charge on any atom is 0.410 e. The number of amides is 1. The minimum absolute atomic E-state index is 0.152. The molecule has 0 spiro atoms. The van der Waals surface area contributed by atoms with Crippen LogP contribution in [0, 0.1) is 10.1 Å². The number of aliphatic hydroxyl groups excluding tert-OH is 3. The second-order valence-electron chi connectivity index (χ2n) is 6.90. The number of methoxy groups -OCH3 is 1. The van der Waals surface area contributed by atoms with Crippen molar-refractivity contribution in [2.75, 3.05) is 20.7 Å². The van der Waals surface area contributed by atoms with Crippen LogP contribution in [-0.2, 0) is 30.4 Å². The number of esters is 1. The van der Waals surface area contributed by atoms with Crippen LogP contribution in [0.4, 0.5) is 10.5 Å². The van der Waals surface area contributed by atoms with Gasteiger partial charge >= 0.3 is 23.7 Å². The number of carbonyl (C=O) groups is 3. The summed E-state index contributed by atoms with van der Waals surface area (Å²) in [7, 11) is 2.19. The van der Waals surface area contributed by atoms with Gasteiger partial charge in [-0.05, 0) is 11.6 Å². The number of benzene rings is 1.